The molecule has 9 aliphatic rings. The minimum absolute atomic E-state index is 0. The van der Waals surface area contributed by atoms with Gasteiger partial charge < -0.3 is 68.2 Å². The molecule has 19 rings (SSSR count). The predicted molar refractivity (Wildman–Crippen MR) is 475 cm³/mol. The van der Waals surface area contributed by atoms with Gasteiger partial charge in [0.2, 0.25) is 11.8 Å². The summed E-state index contributed by atoms with van der Waals surface area (Å²) < 4.78 is 53.1. The summed E-state index contributed by atoms with van der Waals surface area (Å²) in [4.78, 5) is 54.1. The molecule has 120 heavy (non-hydrogen) atoms. The van der Waals surface area contributed by atoms with Crippen molar-refractivity contribution in [2.24, 2.45) is 0 Å². The second-order valence-corrected chi connectivity index (χ2v) is 37.3. The topological polar surface area (TPSA) is 245 Å². The van der Waals surface area contributed by atoms with Gasteiger partial charge in [-0.3, -0.25) is 24.7 Å². The van der Waals surface area contributed by atoms with E-state index in [2.05, 4.69) is 168 Å². The summed E-state index contributed by atoms with van der Waals surface area (Å²) in [5.74, 6) is 1.11. The molecule has 0 radical (unpaired) electrons. The Hall–Kier alpha value is -5.90. The number of anilines is 3. The maximum Gasteiger partial charge on any atom is 1.00 e. The zero-order valence-corrected chi connectivity index (χ0v) is 79.1. The van der Waals surface area contributed by atoms with Crippen molar-refractivity contribution >= 4 is 110 Å². The minimum atomic E-state index is -0.476. The van der Waals surface area contributed by atoms with E-state index >= 15 is 0 Å². The number of halogens is 2. The Morgan fingerprint density at radius 1 is 0.400 bits per heavy atom. The van der Waals surface area contributed by atoms with Gasteiger partial charge in [0.05, 0.1) is 141 Å². The Balaban J connectivity index is 0.000000135. The first-order chi connectivity index (χ1) is 56.8. The van der Waals surface area contributed by atoms with E-state index in [1.807, 2.05) is 124 Å². The summed E-state index contributed by atoms with van der Waals surface area (Å²) in [7, 11) is 8.45. The fourth-order valence-corrected chi connectivity index (χ4v) is 17.4. The smallest absolute Gasteiger partial charge is 1.00 e. The Bertz CT molecular complexity index is 5050. The molecule has 30 nitrogen and oxygen atoms in total. The van der Waals surface area contributed by atoms with Crippen molar-refractivity contribution in [3.05, 3.63) is 114 Å². The van der Waals surface area contributed by atoms with Crippen LogP contribution in [0.1, 0.15) is 123 Å². The van der Waals surface area contributed by atoms with Crippen molar-refractivity contribution in [1.82, 2.24) is 93.1 Å². The van der Waals surface area contributed by atoms with Gasteiger partial charge in [-0.05, 0) is 183 Å². The zero-order valence-electron chi connectivity index (χ0n) is 74.6. The number of aromatic nitrogens is 13. The van der Waals surface area contributed by atoms with Crippen LogP contribution in [0.15, 0.2) is 109 Å². The van der Waals surface area contributed by atoms with Gasteiger partial charge in [0, 0.05) is 177 Å². The van der Waals surface area contributed by atoms with Gasteiger partial charge in [0.25, 0.3) is 0 Å². The number of ether oxygens (including phenoxy) is 2. The van der Waals surface area contributed by atoms with Crippen molar-refractivity contribution in [2.45, 2.75) is 173 Å². The molecule has 638 valence electrons. The number of methoxy groups -OCH3 is 2. The van der Waals surface area contributed by atoms with E-state index in [1.165, 1.54) is 123 Å². The van der Waals surface area contributed by atoms with Crippen LogP contribution in [-0.2, 0) is 27.9 Å². The Kier molecular flexibility index (Phi) is 28.4. The molecule has 0 amide bonds. The van der Waals surface area contributed by atoms with Gasteiger partial charge >= 0.3 is 72.5 Å². The van der Waals surface area contributed by atoms with E-state index in [1.54, 1.807) is 44.9 Å². The monoisotopic (exact) mass is 1750 g/mol. The first kappa shape index (κ1) is 90.3. The molecular weight excluding hydrogens is 1630 g/mol. The fraction of sp³-hybridized carbons (Fsp3) is 0.595. The molecule has 10 aromatic rings. The van der Waals surface area contributed by atoms with Crippen molar-refractivity contribution in [1.29, 1.82) is 0 Å². The largest absolute Gasteiger partial charge is 1.00 e. The van der Waals surface area contributed by atoms with Crippen LogP contribution in [0.4, 0.5) is 17.1 Å². The number of rotatable bonds is 11. The summed E-state index contributed by atoms with van der Waals surface area (Å²) in [5, 5.41) is 14.1. The molecule has 0 spiro atoms. The summed E-state index contributed by atoms with van der Waals surface area (Å²) >= 11 is 9.40. The Labute approximate surface area is 765 Å². The molecule has 0 bridgehead atoms. The molecule has 0 aromatic carbocycles. The average molecular weight is 1750 g/mol. The van der Waals surface area contributed by atoms with Gasteiger partial charge in [0.1, 0.15) is 11.0 Å². The molecule has 9 aliphatic heterocycles. The number of fused-ring (bicyclic) bond motifs is 5. The number of hydrogen-bond acceptors (Lipinski definition) is 27. The molecule has 10 aromatic heterocycles. The van der Waals surface area contributed by atoms with E-state index in [-0.39, 0.29) is 86.4 Å². The maximum absolute atomic E-state index is 6.21. The molecule has 0 atom stereocenters. The molecule has 9 saturated heterocycles. The van der Waals surface area contributed by atoms with Crippen molar-refractivity contribution in [2.75, 3.05) is 168 Å². The van der Waals surface area contributed by atoms with Crippen LogP contribution >= 0.6 is 27.5 Å². The summed E-state index contributed by atoms with van der Waals surface area (Å²) in [6.45, 7) is 45.3. The Morgan fingerprint density at radius 2 is 0.750 bits per heavy atom. The van der Waals surface area contributed by atoms with Gasteiger partial charge in [-0.15, -0.1) is 0 Å². The first-order valence-corrected chi connectivity index (χ1v) is 43.5. The third-order valence-corrected chi connectivity index (χ3v) is 27.6. The van der Waals surface area contributed by atoms with Crippen molar-refractivity contribution in [3.8, 4) is 22.9 Å². The average Bonchev–Trinajstić information content (AvgIpc) is 1.60. The number of pyridine rings is 4. The summed E-state index contributed by atoms with van der Waals surface area (Å²) in [6.07, 6.45) is 28.4. The minimum Gasteiger partial charge on any atom is -1.00 e. The zero-order chi connectivity index (χ0) is 83.9. The van der Waals surface area contributed by atoms with Crippen molar-refractivity contribution < 1.29 is 90.2 Å². The SMILES string of the molecule is CC1(C)OB(B2OC(C)(C)C(C)(C)O2)OC1(C)C.CN1CCN(C2CCN(c3cnc4c(B5OC(C)(C)C(C)(C)O5)cnn4c3)CC2)CC1.CN1CCN(C2CCN(c3cnc4c(Br)cnn4c3)CC2)CC1.COc1ccc2nccc(-c3cnn4cc(N5CCC(N6CCN(C)CC6)CC5)cnc34)c2n1.COc1ccc2nccc(Cl)c2n1.[H-].[K+]. The van der Waals surface area contributed by atoms with Gasteiger partial charge in [0.15, 0.2) is 16.9 Å². The van der Waals surface area contributed by atoms with Crippen LogP contribution in [0.2, 0.25) is 5.02 Å². The van der Waals surface area contributed by atoms with Crippen LogP contribution in [0.3, 0.4) is 0 Å². The molecule has 0 N–H and O–H groups in total. The van der Waals surface area contributed by atoms with Gasteiger partial charge in [-0.25, -0.2) is 38.5 Å². The molecular formula is C84H120B3BrClKN22O8. The third-order valence-electron chi connectivity index (χ3n) is 26.7. The van der Waals surface area contributed by atoms with Crippen molar-refractivity contribution in [3.63, 3.8) is 0 Å². The maximum atomic E-state index is 6.21. The van der Waals surface area contributed by atoms with E-state index < -0.39 is 21.1 Å². The first-order valence-electron chi connectivity index (χ1n) is 42.3. The normalized spacial score (nSPS) is 22.1. The molecule has 9 fully saturated rings. The fourth-order valence-electron chi connectivity index (χ4n) is 16.9. The third kappa shape index (κ3) is 20.0. The standard InChI is InChI=1S/C25H30N8O.C22H35BN6O2.C16H23BrN6.C12H24B2O4.C9H7ClN2O.K.H/c1-30-11-13-32(14-12-30)18-6-9-31(10-7-18)19-15-27-25-21(16-28-33(25)17-19)20-5-8-26-22-3-4-23(34-2)29-24(20)22;1-21(2)22(3,4)31-23(30-21)19-15-25-29-16-18(14-24-20(19)29)27-8-6-17(7-9-27)28-12-10-26(5)11-13-28;1-20-6-8-22(9-7-20)13-2-4-21(5-3-13)14-10-18-16-15(17)11-19-23(16)12-14;1-9(2)10(3,4)16-13(15-9)14-17-11(5,6)12(7,8)18-14;1-13-8-3-2-7-9(12-8)6(10)4-5-11-7;;/h3-5,8,15-18H,6-7,9-14H2,1-2H3;14-17H,6-13H2,1-5H3;10-13H,2-9H2,1H3;1-8H3;2-5H,1H3;;/q;;;;;+1;-1. The molecule has 36 heteroatoms. The van der Waals surface area contributed by atoms with E-state index in [0.717, 1.165) is 111 Å². The second-order valence-electron chi connectivity index (χ2n) is 36.0. The number of hydrogen-bond donors (Lipinski definition) is 0. The second kappa shape index (κ2) is 37.7. The summed E-state index contributed by atoms with van der Waals surface area (Å²) in [6, 6.07) is 13.2. The molecule has 0 saturated carbocycles. The number of nitrogens with zero attached hydrogens (tertiary/aromatic N) is 22. The quantitative estimate of drug-likeness (QED) is 0.116. The van der Waals surface area contributed by atoms with E-state index in [4.69, 9.17) is 59.0 Å². The molecule has 19 heterocycles. The number of piperazine rings is 3. The number of likely N-dealkylation sites (N-methyl/N-ethyl adjacent to an activating group) is 3. The van der Waals surface area contributed by atoms with Crippen LogP contribution in [0.5, 0.6) is 11.8 Å². The van der Waals surface area contributed by atoms with E-state index in [0.29, 0.717) is 34.4 Å². The van der Waals surface area contributed by atoms with Crippen LogP contribution in [0, 0.1) is 0 Å². The van der Waals surface area contributed by atoms with Crippen LogP contribution < -0.4 is 81.0 Å². The van der Waals surface area contributed by atoms with Crippen LogP contribution in [-0.4, -0.2) is 319 Å². The Morgan fingerprint density at radius 3 is 1.18 bits per heavy atom. The number of piperidine rings is 3. The molecule has 0 unspecified atom stereocenters. The van der Waals surface area contributed by atoms with Crippen LogP contribution in [0.25, 0.3) is 50.1 Å². The van der Waals surface area contributed by atoms with Gasteiger partial charge in [-0.1, -0.05) is 11.6 Å². The van der Waals surface area contributed by atoms with Gasteiger partial charge in [-0.2, -0.15) is 15.3 Å². The predicted octanol–water partition coefficient (Wildman–Crippen LogP) is 7.17. The van der Waals surface area contributed by atoms with E-state index in [9.17, 15) is 0 Å². The summed E-state index contributed by atoms with van der Waals surface area (Å²) in [5.41, 5.74) is 9.55. The molecule has 0 aliphatic carbocycles.